The van der Waals surface area contributed by atoms with Gasteiger partial charge in [-0.1, -0.05) is 32.4 Å². The Morgan fingerprint density at radius 3 is 2.64 bits per heavy atom. The molecule has 0 radical (unpaired) electrons. The molecule has 62 valence electrons. The van der Waals surface area contributed by atoms with Gasteiger partial charge in [-0.3, -0.25) is 0 Å². The molecule has 0 heterocycles. The van der Waals surface area contributed by atoms with E-state index in [9.17, 15) is 0 Å². The highest BCUT2D eigenvalue weighted by Crippen LogP contribution is 2.52. The van der Waals surface area contributed by atoms with Crippen molar-refractivity contribution in [2.45, 2.75) is 33.6 Å². The monoisotopic (exact) mass is 150 g/mol. The third-order valence-electron chi connectivity index (χ3n) is 3.53. The summed E-state index contributed by atoms with van der Waals surface area (Å²) in [7, 11) is 0. The highest BCUT2D eigenvalue weighted by Gasteiger charge is 2.43. The van der Waals surface area contributed by atoms with Gasteiger partial charge in [-0.25, -0.2) is 0 Å². The Morgan fingerprint density at radius 2 is 2.27 bits per heavy atom. The van der Waals surface area contributed by atoms with Crippen LogP contribution in [0.5, 0.6) is 0 Å². The molecule has 2 aliphatic carbocycles. The molecule has 2 aliphatic rings. The zero-order valence-corrected chi connectivity index (χ0v) is 7.80. The fourth-order valence-electron chi connectivity index (χ4n) is 2.38. The second-order valence-corrected chi connectivity index (χ2v) is 4.36. The molecule has 0 nitrogen and oxygen atoms in total. The molecular weight excluding hydrogens is 132 g/mol. The molecule has 0 aromatic carbocycles. The van der Waals surface area contributed by atoms with Gasteiger partial charge in [0.2, 0.25) is 0 Å². The van der Waals surface area contributed by atoms with E-state index in [4.69, 9.17) is 0 Å². The van der Waals surface area contributed by atoms with E-state index in [1.807, 2.05) is 0 Å². The summed E-state index contributed by atoms with van der Waals surface area (Å²) in [5.41, 5.74) is 1.72. The van der Waals surface area contributed by atoms with Gasteiger partial charge in [-0.15, -0.1) is 0 Å². The summed E-state index contributed by atoms with van der Waals surface area (Å²) in [5, 5.41) is 0. The maximum Gasteiger partial charge on any atom is 0.000813 e. The van der Waals surface area contributed by atoms with Crippen LogP contribution in [0, 0.1) is 23.7 Å². The molecule has 0 spiro atoms. The van der Waals surface area contributed by atoms with Gasteiger partial charge in [0, 0.05) is 5.92 Å². The molecule has 0 heteroatoms. The van der Waals surface area contributed by atoms with Crippen molar-refractivity contribution in [1.29, 1.82) is 0 Å². The first kappa shape index (κ1) is 7.39. The summed E-state index contributed by atoms with van der Waals surface area (Å²) in [6, 6.07) is 0. The second-order valence-electron chi connectivity index (χ2n) is 4.36. The van der Waals surface area contributed by atoms with Gasteiger partial charge in [-0.05, 0) is 30.6 Å². The minimum Gasteiger partial charge on any atom is -0.0773 e. The molecule has 0 N–H and O–H groups in total. The fourth-order valence-corrected chi connectivity index (χ4v) is 2.38. The molecule has 0 saturated heterocycles. The van der Waals surface area contributed by atoms with Crippen molar-refractivity contribution in [2.75, 3.05) is 0 Å². The second kappa shape index (κ2) is 2.36. The molecule has 2 rings (SSSR count). The van der Waals surface area contributed by atoms with E-state index in [2.05, 4.69) is 26.8 Å². The Bertz CT molecular complexity index is 190. The van der Waals surface area contributed by atoms with Crippen LogP contribution in [0.15, 0.2) is 11.6 Å². The molecule has 4 unspecified atom stereocenters. The van der Waals surface area contributed by atoms with Crippen molar-refractivity contribution in [3.63, 3.8) is 0 Å². The van der Waals surface area contributed by atoms with Crippen molar-refractivity contribution in [3.8, 4) is 0 Å². The maximum atomic E-state index is 2.47. The molecule has 0 bridgehead atoms. The molecule has 1 saturated carbocycles. The van der Waals surface area contributed by atoms with Crippen LogP contribution in [0.1, 0.15) is 33.6 Å². The zero-order valence-electron chi connectivity index (χ0n) is 7.80. The molecule has 0 amide bonds. The van der Waals surface area contributed by atoms with Crippen LogP contribution in [0.25, 0.3) is 0 Å². The number of rotatable bonds is 3. The van der Waals surface area contributed by atoms with Gasteiger partial charge in [0.1, 0.15) is 0 Å². The minimum absolute atomic E-state index is 0.912. The van der Waals surface area contributed by atoms with E-state index in [1.165, 1.54) is 12.8 Å². The molecular formula is C11H18. The summed E-state index contributed by atoms with van der Waals surface area (Å²) in [5.74, 6) is 3.95. The van der Waals surface area contributed by atoms with E-state index in [0.29, 0.717) is 0 Å². The van der Waals surface area contributed by atoms with E-state index < -0.39 is 0 Å². The van der Waals surface area contributed by atoms with Crippen molar-refractivity contribution in [2.24, 2.45) is 23.7 Å². The lowest BCUT2D eigenvalue weighted by atomic mass is 9.95. The summed E-state index contributed by atoms with van der Waals surface area (Å²) in [4.78, 5) is 0. The van der Waals surface area contributed by atoms with E-state index in [1.54, 1.807) is 5.57 Å². The summed E-state index contributed by atoms with van der Waals surface area (Å²) in [6.45, 7) is 7.09. The first-order chi connectivity index (χ1) is 5.24. The standard InChI is InChI=1S/C11H18/c1-4-9-6-11(9)8(3)10-5-7(10)2/h6-8,10-11H,4-5H2,1-3H3. The third kappa shape index (κ3) is 1.23. The lowest BCUT2D eigenvalue weighted by Gasteiger charge is -2.09. The molecule has 0 aliphatic heterocycles. The zero-order chi connectivity index (χ0) is 8.01. The Hall–Kier alpha value is -0.260. The Morgan fingerprint density at radius 1 is 1.64 bits per heavy atom. The summed E-state index contributed by atoms with van der Waals surface area (Å²) < 4.78 is 0. The maximum absolute atomic E-state index is 2.47. The van der Waals surface area contributed by atoms with Gasteiger partial charge >= 0.3 is 0 Å². The van der Waals surface area contributed by atoms with Crippen molar-refractivity contribution in [1.82, 2.24) is 0 Å². The molecule has 11 heavy (non-hydrogen) atoms. The van der Waals surface area contributed by atoms with Crippen LogP contribution in [0.3, 0.4) is 0 Å². The Balaban J connectivity index is 1.80. The predicted molar refractivity (Wildman–Crippen MR) is 48.3 cm³/mol. The van der Waals surface area contributed by atoms with Gasteiger partial charge in [-0.2, -0.15) is 0 Å². The highest BCUT2D eigenvalue weighted by atomic mass is 14.5. The largest absolute Gasteiger partial charge is 0.0773 e. The molecule has 0 aromatic rings. The smallest absolute Gasteiger partial charge is 0.000813 e. The van der Waals surface area contributed by atoms with Crippen LogP contribution in [0.2, 0.25) is 0 Å². The van der Waals surface area contributed by atoms with Crippen LogP contribution in [-0.2, 0) is 0 Å². The Labute approximate surface area is 69.7 Å². The van der Waals surface area contributed by atoms with Crippen LogP contribution >= 0.6 is 0 Å². The molecule has 0 aromatic heterocycles. The normalized spacial score (nSPS) is 43.2. The number of hydrogen-bond acceptors (Lipinski definition) is 0. The van der Waals surface area contributed by atoms with Crippen LogP contribution in [0.4, 0.5) is 0 Å². The van der Waals surface area contributed by atoms with Gasteiger partial charge < -0.3 is 0 Å². The minimum atomic E-state index is 0.912. The van der Waals surface area contributed by atoms with Gasteiger partial charge in [0.15, 0.2) is 0 Å². The summed E-state index contributed by atoms with van der Waals surface area (Å²) in [6.07, 6.45) is 5.24. The quantitative estimate of drug-likeness (QED) is 0.542. The molecule has 1 fully saturated rings. The van der Waals surface area contributed by atoms with Crippen LogP contribution in [-0.4, -0.2) is 0 Å². The number of hydrogen-bond donors (Lipinski definition) is 0. The topological polar surface area (TPSA) is 0 Å². The van der Waals surface area contributed by atoms with E-state index >= 15 is 0 Å². The van der Waals surface area contributed by atoms with E-state index in [0.717, 1.165) is 23.7 Å². The van der Waals surface area contributed by atoms with Gasteiger partial charge in [0.05, 0.1) is 0 Å². The predicted octanol–water partition coefficient (Wildman–Crippen LogP) is 3.24. The van der Waals surface area contributed by atoms with Gasteiger partial charge in [0.25, 0.3) is 0 Å². The SMILES string of the molecule is CCC1=CC1C(C)C1CC1C. The third-order valence-corrected chi connectivity index (χ3v) is 3.53. The summed E-state index contributed by atoms with van der Waals surface area (Å²) >= 11 is 0. The first-order valence-electron chi connectivity index (χ1n) is 4.94. The lowest BCUT2D eigenvalue weighted by Crippen LogP contribution is -2.03. The van der Waals surface area contributed by atoms with Crippen molar-refractivity contribution >= 4 is 0 Å². The fraction of sp³-hybridized carbons (Fsp3) is 0.818. The van der Waals surface area contributed by atoms with Crippen molar-refractivity contribution < 1.29 is 0 Å². The molecule has 4 atom stereocenters. The van der Waals surface area contributed by atoms with E-state index in [-0.39, 0.29) is 0 Å². The highest BCUT2D eigenvalue weighted by molar-refractivity contribution is 5.30. The number of allylic oxidation sites excluding steroid dienone is 2. The lowest BCUT2D eigenvalue weighted by molar-refractivity contribution is 0.440. The average molecular weight is 150 g/mol. The average Bonchev–Trinajstić information content (AvgIpc) is 2.81. The van der Waals surface area contributed by atoms with Crippen molar-refractivity contribution in [3.05, 3.63) is 11.6 Å². The first-order valence-corrected chi connectivity index (χ1v) is 4.94. The Kier molecular flexibility index (Phi) is 1.59. The van der Waals surface area contributed by atoms with Crippen LogP contribution < -0.4 is 0 Å².